The van der Waals surface area contributed by atoms with Crippen LogP contribution in [0.1, 0.15) is 23.2 Å². The van der Waals surface area contributed by atoms with Crippen molar-refractivity contribution in [1.29, 1.82) is 0 Å². The first-order valence-electron chi connectivity index (χ1n) is 8.91. The second kappa shape index (κ2) is 9.31. The predicted molar refractivity (Wildman–Crippen MR) is 107 cm³/mol. The Kier molecular flexibility index (Phi) is 6.82. The molecule has 148 valence electrons. The van der Waals surface area contributed by atoms with E-state index in [0.717, 1.165) is 12.8 Å². The van der Waals surface area contributed by atoms with Gasteiger partial charge in [0.15, 0.2) is 5.78 Å². The number of hydrogen-bond acceptors (Lipinski definition) is 6. The number of sulfonamides is 1. The van der Waals surface area contributed by atoms with Crippen LogP contribution < -0.4 is 5.32 Å². The molecule has 9 heteroatoms. The third-order valence-corrected chi connectivity index (χ3v) is 7.13. The van der Waals surface area contributed by atoms with Gasteiger partial charge in [0, 0.05) is 24.8 Å². The van der Waals surface area contributed by atoms with Crippen molar-refractivity contribution in [1.82, 2.24) is 14.6 Å². The predicted octanol–water partition coefficient (Wildman–Crippen LogP) is 1.96. The van der Waals surface area contributed by atoms with Crippen molar-refractivity contribution in [2.75, 3.05) is 25.4 Å². The molecule has 1 aromatic heterocycles. The smallest absolute Gasteiger partial charge is 0.244 e. The second-order valence-corrected chi connectivity index (χ2v) is 9.23. The number of nitrogens with zero attached hydrogens (tertiary/aromatic N) is 2. The van der Waals surface area contributed by atoms with Gasteiger partial charge in [-0.3, -0.25) is 9.59 Å². The van der Waals surface area contributed by atoms with Crippen molar-refractivity contribution >= 4 is 33.5 Å². The van der Waals surface area contributed by atoms with E-state index in [1.165, 1.54) is 28.3 Å². The summed E-state index contributed by atoms with van der Waals surface area (Å²) in [6, 6.07) is 11.9. The molecule has 0 saturated carbocycles. The Hall–Kier alpha value is -2.23. The molecule has 1 aromatic carbocycles. The van der Waals surface area contributed by atoms with Crippen LogP contribution >= 0.6 is 11.8 Å². The topological polar surface area (TPSA) is 96.4 Å². The van der Waals surface area contributed by atoms with Gasteiger partial charge in [-0.1, -0.05) is 42.1 Å². The fourth-order valence-corrected chi connectivity index (χ4v) is 4.91. The molecule has 0 unspecified atom stereocenters. The first-order chi connectivity index (χ1) is 13.5. The van der Waals surface area contributed by atoms with Crippen molar-refractivity contribution in [3.8, 4) is 0 Å². The van der Waals surface area contributed by atoms with Gasteiger partial charge in [0.1, 0.15) is 4.90 Å². The van der Waals surface area contributed by atoms with Crippen LogP contribution in [-0.4, -0.2) is 54.8 Å². The van der Waals surface area contributed by atoms with E-state index in [9.17, 15) is 18.0 Å². The number of nitrogens with one attached hydrogen (secondary N) is 1. The molecule has 3 rings (SSSR count). The normalized spacial score (nSPS) is 14.7. The van der Waals surface area contributed by atoms with E-state index in [0.29, 0.717) is 23.7 Å². The van der Waals surface area contributed by atoms with Crippen LogP contribution in [0, 0.1) is 0 Å². The zero-order valence-electron chi connectivity index (χ0n) is 15.2. The number of pyridine rings is 1. The highest BCUT2D eigenvalue weighted by Crippen LogP contribution is 2.22. The lowest BCUT2D eigenvalue weighted by Gasteiger charge is -2.15. The van der Waals surface area contributed by atoms with Crippen molar-refractivity contribution in [3.63, 3.8) is 0 Å². The molecule has 0 aliphatic carbocycles. The molecule has 0 radical (unpaired) electrons. The quantitative estimate of drug-likeness (QED) is 0.519. The number of benzene rings is 1. The molecule has 1 amide bonds. The van der Waals surface area contributed by atoms with Crippen molar-refractivity contribution in [3.05, 3.63) is 54.2 Å². The molecule has 0 bridgehead atoms. The Morgan fingerprint density at radius 1 is 1.07 bits per heavy atom. The molecular weight excluding hydrogens is 398 g/mol. The molecule has 1 aliphatic heterocycles. The van der Waals surface area contributed by atoms with Crippen molar-refractivity contribution < 1.29 is 18.0 Å². The minimum absolute atomic E-state index is 0.0656. The molecule has 7 nitrogen and oxygen atoms in total. The van der Waals surface area contributed by atoms with Crippen LogP contribution in [0.2, 0.25) is 0 Å². The summed E-state index contributed by atoms with van der Waals surface area (Å²) in [5, 5.41) is 3.13. The third-order valence-electron chi connectivity index (χ3n) is 4.31. The van der Waals surface area contributed by atoms with Crippen molar-refractivity contribution in [2.45, 2.75) is 22.8 Å². The van der Waals surface area contributed by atoms with E-state index in [-0.39, 0.29) is 28.9 Å². The maximum Gasteiger partial charge on any atom is 0.244 e. The average molecular weight is 420 g/mol. The summed E-state index contributed by atoms with van der Waals surface area (Å²) < 4.78 is 26.4. The van der Waals surface area contributed by atoms with Crippen LogP contribution in [0.25, 0.3) is 0 Å². The number of thioether (sulfide) groups is 1. The Morgan fingerprint density at radius 3 is 2.43 bits per heavy atom. The summed E-state index contributed by atoms with van der Waals surface area (Å²) in [6.45, 7) is 1.02. The van der Waals surface area contributed by atoms with Crippen LogP contribution in [0.5, 0.6) is 0 Å². The third kappa shape index (κ3) is 5.18. The summed E-state index contributed by atoms with van der Waals surface area (Å²) in [5.74, 6) is -0.355. The SMILES string of the molecule is O=C(CSc1ccc(S(=O)(=O)N2CCCC2)cn1)NCC(=O)c1ccccc1. The van der Waals surface area contributed by atoms with Crippen LogP contribution in [0.4, 0.5) is 0 Å². The van der Waals surface area contributed by atoms with Gasteiger partial charge in [-0.15, -0.1) is 0 Å². The first kappa shape index (κ1) is 20.5. The lowest BCUT2D eigenvalue weighted by atomic mass is 10.1. The lowest BCUT2D eigenvalue weighted by molar-refractivity contribution is -0.118. The molecule has 2 heterocycles. The van der Waals surface area contributed by atoms with E-state index in [1.54, 1.807) is 30.3 Å². The minimum Gasteiger partial charge on any atom is -0.348 e. The standard InChI is InChI=1S/C19H21N3O4S2/c23-17(15-6-2-1-3-7-15)13-20-18(24)14-27-19-9-8-16(12-21-19)28(25,26)22-10-4-5-11-22/h1-3,6-9,12H,4-5,10-11,13-14H2,(H,20,24). The zero-order chi connectivity index (χ0) is 20.0. The highest BCUT2D eigenvalue weighted by molar-refractivity contribution is 7.99. The Morgan fingerprint density at radius 2 is 1.79 bits per heavy atom. The van der Waals surface area contributed by atoms with Gasteiger partial charge in [-0.25, -0.2) is 13.4 Å². The molecule has 0 spiro atoms. The van der Waals surface area contributed by atoms with E-state index in [4.69, 9.17) is 0 Å². The van der Waals surface area contributed by atoms with E-state index in [1.807, 2.05) is 6.07 Å². The lowest BCUT2D eigenvalue weighted by Crippen LogP contribution is -2.30. The number of carbonyl (C=O) groups is 2. The second-order valence-electron chi connectivity index (χ2n) is 6.30. The zero-order valence-corrected chi connectivity index (χ0v) is 16.8. The number of amides is 1. The number of aromatic nitrogens is 1. The monoisotopic (exact) mass is 419 g/mol. The number of carbonyl (C=O) groups excluding carboxylic acids is 2. The summed E-state index contributed by atoms with van der Waals surface area (Å²) in [6.07, 6.45) is 3.08. The van der Waals surface area contributed by atoms with Crippen LogP contribution in [0.15, 0.2) is 58.6 Å². The number of Topliss-reactive ketones (excluding diaryl/α,β-unsaturated/α-hetero) is 1. The van der Waals surface area contributed by atoms with Crippen LogP contribution in [0.3, 0.4) is 0 Å². The number of rotatable bonds is 8. The van der Waals surface area contributed by atoms with Gasteiger partial charge < -0.3 is 5.32 Å². The molecule has 0 atom stereocenters. The molecule has 2 aromatic rings. The highest BCUT2D eigenvalue weighted by Gasteiger charge is 2.27. The summed E-state index contributed by atoms with van der Waals surface area (Å²) in [7, 11) is -3.49. The van der Waals surface area contributed by atoms with Gasteiger partial charge in [-0.05, 0) is 25.0 Å². The Balaban J connectivity index is 1.48. The highest BCUT2D eigenvalue weighted by atomic mass is 32.2. The van der Waals surface area contributed by atoms with Crippen LogP contribution in [-0.2, 0) is 14.8 Å². The molecule has 1 aliphatic rings. The maximum atomic E-state index is 12.5. The molecule has 1 saturated heterocycles. The summed E-state index contributed by atoms with van der Waals surface area (Å²) in [5.41, 5.74) is 0.548. The summed E-state index contributed by atoms with van der Waals surface area (Å²) in [4.78, 5) is 28.2. The number of hydrogen-bond donors (Lipinski definition) is 1. The Labute approximate surface area is 168 Å². The molecular formula is C19H21N3O4S2. The fraction of sp³-hybridized carbons (Fsp3) is 0.316. The van der Waals surface area contributed by atoms with Gasteiger partial charge in [-0.2, -0.15) is 4.31 Å². The van der Waals surface area contributed by atoms with Gasteiger partial charge in [0.25, 0.3) is 0 Å². The van der Waals surface area contributed by atoms with Crippen molar-refractivity contribution in [2.24, 2.45) is 0 Å². The van der Waals surface area contributed by atoms with Gasteiger partial charge in [0.2, 0.25) is 15.9 Å². The molecule has 1 fully saturated rings. The average Bonchev–Trinajstić information content (AvgIpc) is 3.27. The van der Waals surface area contributed by atoms with E-state index < -0.39 is 10.0 Å². The minimum atomic E-state index is -3.49. The van der Waals surface area contributed by atoms with Gasteiger partial charge in [0.05, 0.1) is 17.3 Å². The molecule has 1 N–H and O–H groups in total. The maximum absolute atomic E-state index is 12.5. The summed E-state index contributed by atoms with van der Waals surface area (Å²) >= 11 is 1.18. The largest absolute Gasteiger partial charge is 0.348 e. The molecule has 28 heavy (non-hydrogen) atoms. The fourth-order valence-electron chi connectivity index (χ4n) is 2.78. The van der Waals surface area contributed by atoms with E-state index in [2.05, 4.69) is 10.3 Å². The van der Waals surface area contributed by atoms with E-state index >= 15 is 0 Å². The Bertz CT molecular complexity index is 925. The first-order valence-corrected chi connectivity index (χ1v) is 11.3. The number of ketones is 1. The van der Waals surface area contributed by atoms with Gasteiger partial charge >= 0.3 is 0 Å².